The van der Waals surface area contributed by atoms with Crippen LogP contribution in [0.2, 0.25) is 19.6 Å². The molecule has 4 nitrogen and oxygen atoms in total. The molecule has 6 rings (SSSR count). The topological polar surface area (TPSA) is 51.8 Å². The quantitative estimate of drug-likeness (QED) is 0.102. The van der Waals surface area contributed by atoms with E-state index in [-0.39, 0.29) is 31.1 Å². The molecule has 2 aromatic carbocycles. The van der Waals surface area contributed by atoms with Gasteiger partial charge < -0.3 is 14.4 Å². The zero-order valence-corrected chi connectivity index (χ0v) is 29.0. The van der Waals surface area contributed by atoms with Crippen molar-refractivity contribution >= 4 is 35.3 Å². The number of aryl methyl sites for hydroxylation is 2. The Morgan fingerprint density at radius 1 is 0.932 bits per heavy atom. The van der Waals surface area contributed by atoms with Crippen molar-refractivity contribution in [2.45, 2.75) is 60.5 Å². The van der Waals surface area contributed by atoms with Crippen LogP contribution < -0.4 is 5.19 Å². The number of aromatic nitrogens is 3. The van der Waals surface area contributed by atoms with Gasteiger partial charge in [-0.05, 0) is 53.5 Å². The van der Waals surface area contributed by atoms with Gasteiger partial charge in [-0.3, -0.25) is 0 Å². The van der Waals surface area contributed by atoms with E-state index in [1.54, 1.807) is 24.4 Å². The second-order valence-electron chi connectivity index (χ2n) is 12.8. The fraction of sp³-hybridized carbons (Fsp3) is 0.270. The predicted molar refractivity (Wildman–Crippen MR) is 178 cm³/mol. The number of fused-ring (bicyclic) bond motifs is 3. The first-order chi connectivity index (χ1) is 22.7. The fourth-order valence-corrected chi connectivity index (χ4v) is 6.24. The molecule has 0 amide bonds. The molecule has 1 radical (unpaired) electrons. The molecule has 0 aliphatic heterocycles. The smallest absolute Gasteiger partial charge is 0.218 e. The predicted octanol–water partition coefficient (Wildman–Crippen LogP) is 9.28. The molecule has 0 bridgehead atoms. The maximum Gasteiger partial charge on any atom is 0.218 e. The van der Waals surface area contributed by atoms with Crippen LogP contribution in [0.25, 0.3) is 44.6 Å². The molecule has 0 fully saturated rings. The first kappa shape index (κ1) is 25.8. The van der Waals surface area contributed by atoms with Crippen LogP contribution in [-0.2, 0) is 26.5 Å². The summed E-state index contributed by atoms with van der Waals surface area (Å²) in [6.45, 7) is 8.46. The van der Waals surface area contributed by atoms with Gasteiger partial charge in [0.1, 0.15) is 0 Å². The number of benzene rings is 2. The third-order valence-corrected chi connectivity index (χ3v) is 8.89. The summed E-state index contributed by atoms with van der Waals surface area (Å²) < 4.78 is 64.8. The molecule has 229 valence electrons. The molecule has 0 atom stereocenters. The van der Waals surface area contributed by atoms with Crippen LogP contribution in [0.5, 0.6) is 0 Å². The zero-order valence-electron chi connectivity index (χ0n) is 31.6. The molecular weight excluding hydrogens is 742 g/mol. The number of hydrogen-bond donors (Lipinski definition) is 0. The van der Waals surface area contributed by atoms with Crippen molar-refractivity contribution in [2.24, 2.45) is 5.41 Å². The molecule has 0 N–H and O–H groups in total. The summed E-state index contributed by atoms with van der Waals surface area (Å²) >= 11 is 0. The summed E-state index contributed by atoms with van der Waals surface area (Å²) in [5.41, 5.74) is 5.48. The maximum atomic E-state index is 13.4. The molecule has 4 heterocycles. The minimum Gasteiger partial charge on any atom is -0.486 e. The number of furan rings is 1. The Hall–Kier alpha value is -3.51. The van der Waals surface area contributed by atoms with E-state index in [0.717, 1.165) is 33.6 Å². The van der Waals surface area contributed by atoms with Crippen molar-refractivity contribution in [3.8, 4) is 22.5 Å². The third-order valence-electron chi connectivity index (χ3n) is 6.88. The first-order valence-electron chi connectivity index (χ1n) is 17.1. The fourth-order valence-electron chi connectivity index (χ4n) is 4.91. The minimum atomic E-state index is -2.22. The molecule has 44 heavy (non-hydrogen) atoms. The largest absolute Gasteiger partial charge is 0.486 e. The van der Waals surface area contributed by atoms with Gasteiger partial charge in [-0.1, -0.05) is 81.5 Å². The maximum absolute atomic E-state index is 13.4. The Kier molecular flexibility index (Phi) is 7.75. The number of nitrogens with zero attached hydrogens (tertiary/aromatic N) is 3. The van der Waals surface area contributed by atoms with Crippen molar-refractivity contribution in [3.63, 3.8) is 0 Å². The van der Waals surface area contributed by atoms with Crippen molar-refractivity contribution in [1.29, 1.82) is 0 Å². The molecule has 0 spiro atoms. The number of pyridine rings is 3. The van der Waals surface area contributed by atoms with E-state index >= 15 is 0 Å². The van der Waals surface area contributed by atoms with E-state index in [1.807, 2.05) is 24.4 Å². The minimum absolute atomic E-state index is 0. The van der Waals surface area contributed by atoms with Gasteiger partial charge in [0, 0.05) is 46.1 Å². The third kappa shape index (κ3) is 7.76. The van der Waals surface area contributed by atoms with Crippen LogP contribution in [0.1, 0.15) is 45.7 Å². The van der Waals surface area contributed by atoms with E-state index in [1.165, 1.54) is 23.8 Å². The summed E-state index contributed by atoms with van der Waals surface area (Å²) in [5, 5.41) is 2.49. The Morgan fingerprint density at radius 3 is 2.43 bits per heavy atom. The summed E-state index contributed by atoms with van der Waals surface area (Å²) in [4.78, 5) is 12.7. The summed E-state index contributed by atoms with van der Waals surface area (Å²) in [6.07, 6.45) is 4.41. The molecule has 0 unspecified atom stereocenters. The van der Waals surface area contributed by atoms with Crippen LogP contribution in [0, 0.1) is 37.2 Å². The van der Waals surface area contributed by atoms with Crippen LogP contribution in [0.15, 0.2) is 77.5 Å². The monoisotopic (exact) mass is 786 g/mol. The van der Waals surface area contributed by atoms with Crippen LogP contribution in [-0.4, -0.2) is 23.0 Å². The van der Waals surface area contributed by atoms with Gasteiger partial charge in [0.25, 0.3) is 0 Å². The second kappa shape index (κ2) is 13.2. The van der Waals surface area contributed by atoms with E-state index in [9.17, 15) is 4.39 Å². The Balaban J connectivity index is 0.000000221. The van der Waals surface area contributed by atoms with Crippen LogP contribution in [0.3, 0.4) is 0 Å². The number of hydrogen-bond acceptors (Lipinski definition) is 4. The van der Waals surface area contributed by atoms with E-state index in [2.05, 4.69) is 73.6 Å². The molecular formula is C37H38FIrN3OSi-2. The van der Waals surface area contributed by atoms with Gasteiger partial charge in [-0.15, -0.1) is 53.6 Å². The molecule has 4 aromatic heterocycles. The second-order valence-corrected chi connectivity index (χ2v) is 17.9. The Labute approximate surface area is 283 Å². The van der Waals surface area contributed by atoms with Gasteiger partial charge in [0.05, 0.1) is 13.7 Å². The molecule has 0 aliphatic rings. The average Bonchev–Trinajstić information content (AvgIpc) is 3.37. The van der Waals surface area contributed by atoms with Crippen molar-refractivity contribution in [2.75, 3.05) is 0 Å². The standard InChI is InChI=1S/C21H18FN2O.C16H20NSi.Ir/c1-21(2,3)12-13-9-10-23-17(11-13)16-6-4-5-14-15-7-8-18(22)24-20(15)25-19(14)16;1-12-6-8-14(9-7-12)15-10-13(2)16(11-17-15)18(3,4)5;/h4-5,7-11H,12H2,1-3H3;6-8,10-11H,1-5H3;/q2*-1;/i;1D3,2D3;. The molecule has 0 saturated carbocycles. The summed E-state index contributed by atoms with van der Waals surface area (Å²) in [5.74, 6) is -0.553. The SMILES string of the molecule is CC(C)(C)Cc1ccnc(-c2[c-]ccc3c2oc2nc(F)ccc23)c1.[2H]C([2H])([2H])c1c[c-]c(-c2cc(C([2H])([2H])[2H])c([Si](C)(C)C)cn2)cc1.[Ir]. The van der Waals surface area contributed by atoms with Gasteiger partial charge >= 0.3 is 0 Å². The Bertz CT molecular complexity index is 2120. The van der Waals surface area contributed by atoms with Gasteiger partial charge in [0.2, 0.25) is 11.7 Å². The molecule has 0 aliphatic carbocycles. The van der Waals surface area contributed by atoms with Gasteiger partial charge in [-0.25, -0.2) is 0 Å². The van der Waals surface area contributed by atoms with E-state index in [4.69, 9.17) is 12.6 Å². The van der Waals surface area contributed by atoms with Crippen molar-refractivity contribution in [1.82, 2.24) is 15.0 Å². The van der Waals surface area contributed by atoms with Gasteiger partial charge in [0.15, 0.2) is 0 Å². The summed E-state index contributed by atoms with van der Waals surface area (Å²) in [6, 6.07) is 23.1. The van der Waals surface area contributed by atoms with E-state index in [0.29, 0.717) is 28.1 Å². The first-order valence-corrected chi connectivity index (χ1v) is 17.6. The van der Waals surface area contributed by atoms with Crippen molar-refractivity contribution < 1.29 is 37.1 Å². The number of halogens is 1. The zero-order chi connectivity index (χ0) is 35.9. The Morgan fingerprint density at radius 2 is 1.75 bits per heavy atom. The van der Waals surface area contributed by atoms with Gasteiger partial charge in [-0.2, -0.15) is 9.37 Å². The normalized spacial score (nSPS) is 14.2. The average molecular weight is 786 g/mol. The van der Waals surface area contributed by atoms with Crippen molar-refractivity contribution in [3.05, 3.63) is 108 Å². The molecule has 6 aromatic rings. The van der Waals surface area contributed by atoms with Crippen LogP contribution >= 0.6 is 0 Å². The van der Waals surface area contributed by atoms with E-state index < -0.39 is 27.7 Å². The molecule has 7 heteroatoms. The van der Waals surface area contributed by atoms with Crippen LogP contribution in [0.4, 0.5) is 4.39 Å². The number of rotatable bonds is 4. The summed E-state index contributed by atoms with van der Waals surface area (Å²) in [7, 11) is -1.85. The molecule has 0 saturated heterocycles.